The summed E-state index contributed by atoms with van der Waals surface area (Å²) in [6.07, 6.45) is -3.30. The number of hydrogen-bond donors (Lipinski definition) is 1. The lowest BCUT2D eigenvalue weighted by Crippen LogP contribution is -2.08. The summed E-state index contributed by atoms with van der Waals surface area (Å²) in [6.45, 7) is 0. The van der Waals surface area contributed by atoms with Gasteiger partial charge in [-0.3, -0.25) is 4.79 Å². The number of rotatable bonds is 4. The van der Waals surface area contributed by atoms with Gasteiger partial charge >= 0.3 is 5.97 Å². The van der Waals surface area contributed by atoms with E-state index in [2.05, 4.69) is 4.98 Å². The van der Waals surface area contributed by atoms with E-state index in [1.807, 2.05) is 0 Å². The van der Waals surface area contributed by atoms with Crippen LogP contribution in [0.2, 0.25) is 0 Å². The number of alkyl halides is 2. The maximum atomic E-state index is 12.6. The Morgan fingerprint density at radius 3 is 2.75 bits per heavy atom. The molecular formula is C9H8F2INO3. The number of aromatic nitrogens is 1. The topological polar surface area (TPSA) is 59.4 Å². The first kappa shape index (κ1) is 13.1. The van der Waals surface area contributed by atoms with Crippen molar-refractivity contribution >= 4 is 28.6 Å². The lowest BCUT2D eigenvalue weighted by molar-refractivity contribution is -0.136. The monoisotopic (exact) mass is 343 g/mol. The molecule has 88 valence electrons. The van der Waals surface area contributed by atoms with Crippen LogP contribution in [0.1, 0.15) is 17.7 Å². The fourth-order valence-electron chi connectivity index (χ4n) is 1.16. The Morgan fingerprint density at radius 1 is 1.69 bits per heavy atom. The van der Waals surface area contributed by atoms with Gasteiger partial charge in [0.2, 0.25) is 0 Å². The van der Waals surface area contributed by atoms with Crippen LogP contribution < -0.4 is 4.74 Å². The van der Waals surface area contributed by atoms with Crippen LogP contribution in [0.25, 0.3) is 0 Å². The fourth-order valence-corrected chi connectivity index (χ4v) is 1.80. The third-order valence-electron chi connectivity index (χ3n) is 1.82. The van der Waals surface area contributed by atoms with Crippen molar-refractivity contribution in [3.63, 3.8) is 0 Å². The molecular weight excluding hydrogens is 335 g/mol. The molecule has 16 heavy (non-hydrogen) atoms. The molecule has 0 radical (unpaired) electrons. The van der Waals surface area contributed by atoms with Gasteiger partial charge in [-0.05, 0) is 34.2 Å². The van der Waals surface area contributed by atoms with Crippen molar-refractivity contribution in [1.82, 2.24) is 4.98 Å². The molecule has 0 unspecified atom stereocenters. The predicted octanol–water partition coefficient (Wildman–Crippen LogP) is 2.26. The minimum atomic E-state index is -2.80. The molecule has 7 heteroatoms. The number of ether oxygens (including phenoxy) is 1. The number of aliphatic carboxylic acids is 1. The number of methoxy groups -OCH3 is 1. The first-order chi connectivity index (χ1) is 7.45. The van der Waals surface area contributed by atoms with Crippen molar-refractivity contribution in [2.24, 2.45) is 0 Å². The van der Waals surface area contributed by atoms with E-state index in [0.29, 0.717) is 5.75 Å². The van der Waals surface area contributed by atoms with E-state index in [1.54, 1.807) is 22.6 Å². The van der Waals surface area contributed by atoms with Crippen molar-refractivity contribution in [3.05, 3.63) is 21.0 Å². The lowest BCUT2D eigenvalue weighted by Gasteiger charge is -2.10. The molecule has 0 aromatic carbocycles. The van der Waals surface area contributed by atoms with Crippen LogP contribution in [0.5, 0.6) is 5.75 Å². The van der Waals surface area contributed by atoms with Crippen molar-refractivity contribution in [2.45, 2.75) is 12.8 Å². The molecule has 0 amide bonds. The minimum Gasteiger partial charge on any atom is -0.494 e. The maximum absolute atomic E-state index is 12.6. The smallest absolute Gasteiger partial charge is 0.307 e. The van der Waals surface area contributed by atoms with Crippen LogP contribution in [0, 0.1) is 3.70 Å². The van der Waals surface area contributed by atoms with Gasteiger partial charge in [-0.2, -0.15) is 0 Å². The molecule has 0 aliphatic carbocycles. The molecule has 1 aromatic heterocycles. The molecule has 0 saturated heterocycles. The number of pyridine rings is 1. The van der Waals surface area contributed by atoms with Gasteiger partial charge in [-0.1, -0.05) is 0 Å². The number of carboxylic acid groups (broad SMARTS) is 1. The molecule has 0 fully saturated rings. The normalized spacial score (nSPS) is 10.6. The molecule has 0 spiro atoms. The number of hydrogen-bond acceptors (Lipinski definition) is 3. The second kappa shape index (κ2) is 5.37. The highest BCUT2D eigenvalue weighted by Gasteiger charge is 2.19. The molecule has 4 nitrogen and oxygen atoms in total. The SMILES string of the molecule is COc1cc(CC(=O)O)c(C(F)F)nc1I. The minimum absolute atomic E-state index is 0.0280. The average Bonchev–Trinajstić information content (AvgIpc) is 2.19. The highest BCUT2D eigenvalue weighted by Crippen LogP contribution is 2.28. The Labute approximate surface area is 104 Å². The summed E-state index contributed by atoms with van der Waals surface area (Å²) in [4.78, 5) is 14.2. The highest BCUT2D eigenvalue weighted by atomic mass is 127. The van der Waals surface area contributed by atoms with Gasteiger partial charge in [0, 0.05) is 0 Å². The largest absolute Gasteiger partial charge is 0.494 e. The summed E-state index contributed by atoms with van der Waals surface area (Å²) in [5, 5.41) is 8.59. The van der Waals surface area contributed by atoms with E-state index in [4.69, 9.17) is 9.84 Å². The molecule has 0 bridgehead atoms. The zero-order chi connectivity index (χ0) is 12.3. The molecule has 1 rings (SSSR count). The number of carbonyl (C=O) groups is 1. The van der Waals surface area contributed by atoms with E-state index in [1.165, 1.54) is 13.2 Å². The molecule has 1 heterocycles. The van der Waals surface area contributed by atoms with Crippen molar-refractivity contribution < 1.29 is 23.4 Å². The van der Waals surface area contributed by atoms with Gasteiger partial charge in [-0.15, -0.1) is 0 Å². The van der Waals surface area contributed by atoms with Gasteiger partial charge < -0.3 is 9.84 Å². The van der Waals surface area contributed by atoms with Crippen LogP contribution in [0.3, 0.4) is 0 Å². The average molecular weight is 343 g/mol. The van der Waals surface area contributed by atoms with Crippen molar-refractivity contribution in [2.75, 3.05) is 7.11 Å². The third-order valence-corrected chi connectivity index (χ3v) is 2.60. The molecule has 1 N–H and O–H groups in total. The molecule has 0 aliphatic rings. The first-order valence-corrected chi connectivity index (χ1v) is 5.26. The number of carboxylic acids is 1. The number of halogens is 3. The van der Waals surface area contributed by atoms with Crippen LogP contribution in [0.4, 0.5) is 8.78 Å². The Morgan fingerprint density at radius 2 is 2.31 bits per heavy atom. The molecule has 0 atom stereocenters. The van der Waals surface area contributed by atoms with E-state index in [0.717, 1.165) is 0 Å². The molecule has 1 aromatic rings. The maximum Gasteiger partial charge on any atom is 0.307 e. The third kappa shape index (κ3) is 3.00. The summed E-state index contributed by atoms with van der Waals surface area (Å²) in [6, 6.07) is 1.28. The van der Waals surface area contributed by atoms with E-state index >= 15 is 0 Å². The van der Waals surface area contributed by atoms with Crippen LogP contribution in [-0.2, 0) is 11.2 Å². The lowest BCUT2D eigenvalue weighted by atomic mass is 10.1. The second-order valence-corrected chi connectivity index (χ2v) is 3.92. The van der Waals surface area contributed by atoms with Gasteiger partial charge in [0.25, 0.3) is 6.43 Å². The highest BCUT2D eigenvalue weighted by molar-refractivity contribution is 14.1. The number of nitrogens with zero attached hydrogens (tertiary/aromatic N) is 1. The van der Waals surface area contributed by atoms with Crippen molar-refractivity contribution in [1.29, 1.82) is 0 Å². The molecule has 0 saturated carbocycles. The quantitative estimate of drug-likeness (QED) is 0.673. The summed E-state index contributed by atoms with van der Waals surface area (Å²) in [7, 11) is 1.37. The van der Waals surface area contributed by atoms with Crippen molar-refractivity contribution in [3.8, 4) is 5.75 Å². The van der Waals surface area contributed by atoms with Crippen LogP contribution in [-0.4, -0.2) is 23.2 Å². The summed E-state index contributed by atoms with van der Waals surface area (Å²) < 4.78 is 30.4. The molecule has 0 aliphatic heterocycles. The van der Waals surface area contributed by atoms with Crippen LogP contribution in [0.15, 0.2) is 6.07 Å². The Kier molecular flexibility index (Phi) is 4.39. The zero-order valence-electron chi connectivity index (χ0n) is 8.21. The standard InChI is InChI=1S/C9H8F2INO3/c1-16-5-2-4(3-6(14)15)7(8(10)11)13-9(5)12/h2,8H,3H2,1H3,(H,14,15). The Hall–Kier alpha value is -0.990. The van der Waals surface area contributed by atoms with Gasteiger partial charge in [0.1, 0.15) is 9.39 Å². The van der Waals surface area contributed by atoms with E-state index < -0.39 is 24.5 Å². The Bertz CT molecular complexity index is 412. The van der Waals surface area contributed by atoms with Gasteiger partial charge in [0.05, 0.1) is 13.5 Å². The van der Waals surface area contributed by atoms with Gasteiger partial charge in [-0.25, -0.2) is 13.8 Å². The van der Waals surface area contributed by atoms with Gasteiger partial charge in [0.15, 0.2) is 5.75 Å². The Balaban J connectivity index is 3.24. The summed E-state index contributed by atoms with van der Waals surface area (Å²) in [5.74, 6) is -0.895. The van der Waals surface area contributed by atoms with E-state index in [-0.39, 0.29) is 9.26 Å². The first-order valence-electron chi connectivity index (χ1n) is 4.19. The zero-order valence-corrected chi connectivity index (χ0v) is 10.4. The fraction of sp³-hybridized carbons (Fsp3) is 0.333. The predicted molar refractivity (Wildman–Crippen MR) is 59.8 cm³/mol. The second-order valence-electron chi connectivity index (χ2n) is 2.90. The van der Waals surface area contributed by atoms with E-state index in [9.17, 15) is 13.6 Å². The summed E-state index contributed by atoms with van der Waals surface area (Å²) in [5.41, 5.74) is -0.535. The summed E-state index contributed by atoms with van der Waals surface area (Å²) >= 11 is 1.75. The van der Waals surface area contributed by atoms with Crippen LogP contribution >= 0.6 is 22.6 Å².